The lowest BCUT2D eigenvalue weighted by Gasteiger charge is -2.36. The molecular formula is C20H21F3N2O2. The van der Waals surface area contributed by atoms with E-state index in [9.17, 15) is 18.0 Å². The minimum atomic E-state index is -4.36. The predicted molar refractivity (Wildman–Crippen MR) is 96.8 cm³/mol. The van der Waals surface area contributed by atoms with Crippen LogP contribution in [0.15, 0.2) is 48.5 Å². The molecule has 144 valence electrons. The zero-order valence-corrected chi connectivity index (χ0v) is 14.9. The van der Waals surface area contributed by atoms with Crippen LogP contribution in [0.25, 0.3) is 0 Å². The van der Waals surface area contributed by atoms with Crippen LogP contribution in [0.5, 0.6) is 5.75 Å². The maximum Gasteiger partial charge on any atom is 0.416 e. The van der Waals surface area contributed by atoms with Crippen LogP contribution in [0.3, 0.4) is 0 Å². The molecule has 1 aliphatic rings. The SMILES string of the molecule is COc1ccc(NC(=O)N2CCCCC2c2ccc(C(F)(F)F)cc2)cc1. The number of likely N-dealkylation sites (tertiary alicyclic amines) is 1. The number of piperidine rings is 1. The number of hydrogen-bond donors (Lipinski definition) is 1. The van der Waals surface area contributed by atoms with Crippen LogP contribution in [0.2, 0.25) is 0 Å². The monoisotopic (exact) mass is 378 g/mol. The lowest BCUT2D eigenvalue weighted by atomic mass is 9.95. The highest BCUT2D eigenvalue weighted by molar-refractivity contribution is 5.89. The van der Waals surface area contributed by atoms with Crippen molar-refractivity contribution in [2.45, 2.75) is 31.5 Å². The molecule has 1 saturated heterocycles. The summed E-state index contributed by atoms with van der Waals surface area (Å²) in [5.41, 5.74) is 0.668. The van der Waals surface area contributed by atoms with E-state index in [-0.39, 0.29) is 12.1 Å². The lowest BCUT2D eigenvalue weighted by molar-refractivity contribution is -0.137. The molecular weight excluding hydrogens is 357 g/mol. The normalized spacial score (nSPS) is 17.5. The van der Waals surface area contributed by atoms with Gasteiger partial charge in [0.1, 0.15) is 5.75 Å². The maximum absolute atomic E-state index is 12.8. The molecule has 1 heterocycles. The topological polar surface area (TPSA) is 41.6 Å². The Kier molecular flexibility index (Phi) is 5.58. The molecule has 0 aliphatic carbocycles. The Labute approximate surface area is 155 Å². The first kappa shape index (κ1) is 19.1. The number of ether oxygens (including phenoxy) is 1. The number of hydrogen-bond acceptors (Lipinski definition) is 2. The summed E-state index contributed by atoms with van der Waals surface area (Å²) < 4.78 is 43.4. The number of halogens is 3. The Morgan fingerprint density at radius 2 is 1.74 bits per heavy atom. The summed E-state index contributed by atoms with van der Waals surface area (Å²) in [6.07, 6.45) is -1.84. The fourth-order valence-corrected chi connectivity index (χ4v) is 3.29. The largest absolute Gasteiger partial charge is 0.497 e. The van der Waals surface area contributed by atoms with E-state index < -0.39 is 11.7 Å². The second-order valence-electron chi connectivity index (χ2n) is 6.48. The van der Waals surface area contributed by atoms with Crippen molar-refractivity contribution >= 4 is 11.7 Å². The average Bonchev–Trinajstić information content (AvgIpc) is 2.68. The minimum Gasteiger partial charge on any atom is -0.497 e. The summed E-state index contributed by atoms with van der Waals surface area (Å²) in [5, 5.41) is 2.85. The number of benzene rings is 2. The number of urea groups is 1. The lowest BCUT2D eigenvalue weighted by Crippen LogP contribution is -2.41. The molecule has 2 aromatic rings. The molecule has 1 fully saturated rings. The molecule has 0 saturated carbocycles. The second-order valence-corrected chi connectivity index (χ2v) is 6.48. The fourth-order valence-electron chi connectivity index (χ4n) is 3.29. The van der Waals surface area contributed by atoms with Gasteiger partial charge in [0, 0.05) is 12.2 Å². The number of carbonyl (C=O) groups is 1. The number of nitrogens with one attached hydrogen (secondary N) is 1. The summed E-state index contributed by atoms with van der Waals surface area (Å²) in [4.78, 5) is 14.4. The molecule has 0 aromatic heterocycles. The highest BCUT2D eigenvalue weighted by Gasteiger charge is 2.32. The Morgan fingerprint density at radius 3 is 2.33 bits per heavy atom. The van der Waals surface area contributed by atoms with Crippen molar-refractivity contribution in [1.29, 1.82) is 0 Å². The molecule has 1 N–H and O–H groups in total. The van der Waals surface area contributed by atoms with Gasteiger partial charge in [0.05, 0.1) is 18.7 Å². The molecule has 1 unspecified atom stereocenters. The third kappa shape index (κ3) is 4.53. The number of rotatable bonds is 3. The van der Waals surface area contributed by atoms with Gasteiger partial charge in [-0.25, -0.2) is 4.79 Å². The Balaban J connectivity index is 1.75. The highest BCUT2D eigenvalue weighted by Crippen LogP contribution is 2.34. The van der Waals surface area contributed by atoms with Crippen molar-refractivity contribution in [1.82, 2.24) is 4.90 Å². The zero-order valence-electron chi connectivity index (χ0n) is 14.9. The molecule has 3 rings (SSSR count). The van der Waals surface area contributed by atoms with E-state index in [1.54, 1.807) is 36.3 Å². The van der Waals surface area contributed by atoms with Crippen LogP contribution >= 0.6 is 0 Å². The van der Waals surface area contributed by atoms with Crippen LogP contribution in [-0.4, -0.2) is 24.6 Å². The Bertz CT molecular complexity index is 773. The van der Waals surface area contributed by atoms with Gasteiger partial charge < -0.3 is 15.0 Å². The van der Waals surface area contributed by atoms with Crippen molar-refractivity contribution in [2.75, 3.05) is 19.0 Å². The summed E-state index contributed by atoms with van der Waals surface area (Å²) in [6, 6.07) is 11.6. The van der Waals surface area contributed by atoms with Gasteiger partial charge >= 0.3 is 12.2 Å². The van der Waals surface area contributed by atoms with Crippen LogP contribution in [-0.2, 0) is 6.18 Å². The number of alkyl halides is 3. The first-order valence-electron chi connectivity index (χ1n) is 8.77. The van der Waals surface area contributed by atoms with Crippen molar-refractivity contribution in [2.24, 2.45) is 0 Å². The number of methoxy groups -OCH3 is 1. The number of anilines is 1. The number of nitrogens with zero attached hydrogens (tertiary/aromatic N) is 1. The van der Waals surface area contributed by atoms with Crippen LogP contribution in [0.1, 0.15) is 36.4 Å². The van der Waals surface area contributed by atoms with E-state index in [0.717, 1.165) is 31.4 Å². The molecule has 0 bridgehead atoms. The first-order valence-corrected chi connectivity index (χ1v) is 8.77. The van der Waals surface area contributed by atoms with E-state index in [4.69, 9.17) is 4.74 Å². The third-order valence-corrected chi connectivity index (χ3v) is 4.73. The van der Waals surface area contributed by atoms with E-state index in [0.29, 0.717) is 23.5 Å². The van der Waals surface area contributed by atoms with E-state index >= 15 is 0 Å². The maximum atomic E-state index is 12.8. The molecule has 0 radical (unpaired) electrons. The van der Waals surface area contributed by atoms with Crippen LogP contribution < -0.4 is 10.1 Å². The van der Waals surface area contributed by atoms with Gasteiger partial charge in [-0.2, -0.15) is 13.2 Å². The van der Waals surface area contributed by atoms with Gasteiger partial charge in [0.15, 0.2) is 0 Å². The van der Waals surface area contributed by atoms with Gasteiger partial charge in [-0.05, 0) is 61.2 Å². The van der Waals surface area contributed by atoms with Gasteiger partial charge in [0.25, 0.3) is 0 Å². The van der Waals surface area contributed by atoms with Crippen LogP contribution in [0.4, 0.5) is 23.7 Å². The average molecular weight is 378 g/mol. The third-order valence-electron chi connectivity index (χ3n) is 4.73. The quantitative estimate of drug-likeness (QED) is 0.769. The second kappa shape index (κ2) is 7.90. The number of amides is 2. The van der Waals surface area contributed by atoms with Crippen molar-refractivity contribution in [3.8, 4) is 5.75 Å². The van der Waals surface area contributed by atoms with Crippen LogP contribution in [0, 0.1) is 0 Å². The van der Waals surface area contributed by atoms with Gasteiger partial charge in [-0.3, -0.25) is 0 Å². The standard InChI is InChI=1S/C20H21F3N2O2/c1-27-17-11-9-16(10-12-17)24-19(26)25-13-3-2-4-18(25)14-5-7-15(8-6-14)20(21,22)23/h5-12,18H,2-4,13H2,1H3,(H,24,26). The molecule has 1 atom stereocenters. The summed E-state index contributed by atoms with van der Waals surface area (Å²) in [5.74, 6) is 0.689. The fraction of sp³-hybridized carbons (Fsp3) is 0.350. The first-order chi connectivity index (χ1) is 12.9. The van der Waals surface area contributed by atoms with E-state index in [2.05, 4.69) is 5.32 Å². The van der Waals surface area contributed by atoms with Gasteiger partial charge in [-0.15, -0.1) is 0 Å². The van der Waals surface area contributed by atoms with Crippen molar-refractivity contribution in [3.05, 3.63) is 59.7 Å². The van der Waals surface area contributed by atoms with Gasteiger partial charge in [0.2, 0.25) is 0 Å². The molecule has 2 amide bonds. The summed E-state index contributed by atoms with van der Waals surface area (Å²) >= 11 is 0. The molecule has 0 spiro atoms. The zero-order chi connectivity index (χ0) is 19.4. The molecule has 2 aromatic carbocycles. The predicted octanol–water partition coefficient (Wildman–Crippen LogP) is 5.47. The number of carbonyl (C=O) groups excluding carboxylic acids is 1. The smallest absolute Gasteiger partial charge is 0.416 e. The summed E-state index contributed by atoms with van der Waals surface area (Å²) in [6.45, 7) is 0.563. The highest BCUT2D eigenvalue weighted by atomic mass is 19.4. The van der Waals surface area contributed by atoms with E-state index in [1.165, 1.54) is 12.1 Å². The van der Waals surface area contributed by atoms with Crippen molar-refractivity contribution < 1.29 is 22.7 Å². The van der Waals surface area contributed by atoms with Gasteiger partial charge in [-0.1, -0.05) is 12.1 Å². The minimum absolute atomic E-state index is 0.237. The van der Waals surface area contributed by atoms with Crippen molar-refractivity contribution in [3.63, 3.8) is 0 Å². The van der Waals surface area contributed by atoms with E-state index in [1.807, 2.05) is 0 Å². The molecule has 1 aliphatic heterocycles. The molecule has 27 heavy (non-hydrogen) atoms. The summed E-state index contributed by atoms with van der Waals surface area (Å²) in [7, 11) is 1.57. The molecule has 4 nitrogen and oxygen atoms in total. The Morgan fingerprint density at radius 1 is 1.07 bits per heavy atom. The molecule has 7 heteroatoms. The Hall–Kier alpha value is -2.70.